The fourth-order valence-corrected chi connectivity index (χ4v) is 5.86. The molecule has 1 aliphatic heterocycles. The summed E-state index contributed by atoms with van der Waals surface area (Å²) in [7, 11) is 0. The van der Waals surface area contributed by atoms with Crippen LogP contribution in [0.5, 0.6) is 0 Å². The summed E-state index contributed by atoms with van der Waals surface area (Å²) in [5.41, 5.74) is -2.16. The van der Waals surface area contributed by atoms with E-state index in [0.717, 1.165) is 28.0 Å². The number of carbonyl (C=O) groups is 3. The average Bonchev–Trinajstić information content (AvgIpc) is 3.44. The maximum absolute atomic E-state index is 13.2. The van der Waals surface area contributed by atoms with Gasteiger partial charge in [-0.2, -0.15) is 26.3 Å². The Bertz CT molecular complexity index is 1530. The van der Waals surface area contributed by atoms with E-state index in [2.05, 4.69) is 5.32 Å². The first kappa shape index (κ1) is 30.3. The SMILES string of the molecule is O=C(O)Cc1ccc(NC(=O)CN2C(=O)/C(=C/c3cc(-c4cc(C(F)(F)F)cc(C(F)(F)F)c4)cs3)SC2=S)cc1. The molecule has 2 N–H and O–H groups in total. The number of carboxylic acid groups (broad SMARTS) is 1. The Morgan fingerprint density at radius 1 is 0.951 bits per heavy atom. The fraction of sp³-hybridized carbons (Fsp3) is 0.154. The molecule has 0 unspecified atom stereocenters. The summed E-state index contributed by atoms with van der Waals surface area (Å²) in [5.74, 6) is -2.17. The zero-order valence-electron chi connectivity index (χ0n) is 20.3. The van der Waals surface area contributed by atoms with Gasteiger partial charge >= 0.3 is 18.3 Å². The molecular formula is C26H16F6N2O4S3. The van der Waals surface area contributed by atoms with E-state index in [0.29, 0.717) is 28.3 Å². The number of alkyl halides is 6. The molecule has 41 heavy (non-hydrogen) atoms. The number of thioether (sulfide) groups is 1. The van der Waals surface area contributed by atoms with Gasteiger partial charge in [0.2, 0.25) is 5.91 Å². The van der Waals surface area contributed by atoms with Crippen LogP contribution in [0.1, 0.15) is 21.6 Å². The molecule has 4 rings (SSSR count). The minimum absolute atomic E-state index is 0.0484. The second-order valence-electron chi connectivity index (χ2n) is 8.62. The number of carbonyl (C=O) groups excluding carboxylic acids is 2. The molecule has 0 aliphatic carbocycles. The third-order valence-electron chi connectivity index (χ3n) is 5.58. The Morgan fingerprint density at radius 3 is 2.12 bits per heavy atom. The smallest absolute Gasteiger partial charge is 0.416 e. The van der Waals surface area contributed by atoms with E-state index in [-0.39, 0.29) is 32.8 Å². The zero-order valence-corrected chi connectivity index (χ0v) is 22.7. The highest BCUT2D eigenvalue weighted by molar-refractivity contribution is 8.26. The van der Waals surface area contributed by atoms with Crippen molar-refractivity contribution in [1.82, 2.24) is 4.90 Å². The number of carboxylic acids is 1. The van der Waals surface area contributed by atoms with Crippen LogP contribution >= 0.6 is 35.3 Å². The topological polar surface area (TPSA) is 86.7 Å². The van der Waals surface area contributed by atoms with Crippen molar-refractivity contribution >= 4 is 69.2 Å². The Balaban J connectivity index is 1.48. The maximum atomic E-state index is 13.2. The van der Waals surface area contributed by atoms with Gasteiger partial charge in [0, 0.05) is 10.6 Å². The third-order valence-corrected chi connectivity index (χ3v) is 7.84. The van der Waals surface area contributed by atoms with Crippen molar-refractivity contribution in [2.24, 2.45) is 0 Å². The van der Waals surface area contributed by atoms with Crippen LogP contribution in [0.2, 0.25) is 0 Å². The largest absolute Gasteiger partial charge is 0.481 e. The number of aliphatic carboxylic acids is 1. The molecule has 1 saturated heterocycles. The normalized spacial score (nSPS) is 15.1. The Morgan fingerprint density at radius 2 is 1.56 bits per heavy atom. The van der Waals surface area contributed by atoms with E-state index in [4.69, 9.17) is 17.3 Å². The monoisotopic (exact) mass is 630 g/mol. The van der Waals surface area contributed by atoms with Crippen molar-refractivity contribution in [2.45, 2.75) is 18.8 Å². The molecule has 214 valence electrons. The number of thiocarbonyl (C=S) groups is 1. The van der Waals surface area contributed by atoms with E-state index in [1.54, 1.807) is 0 Å². The predicted octanol–water partition coefficient (Wildman–Crippen LogP) is 6.92. The molecule has 1 fully saturated rings. The van der Waals surface area contributed by atoms with E-state index in [1.165, 1.54) is 41.8 Å². The van der Waals surface area contributed by atoms with Crippen LogP contribution in [0.4, 0.5) is 32.0 Å². The minimum atomic E-state index is -4.99. The van der Waals surface area contributed by atoms with Crippen molar-refractivity contribution in [3.05, 3.63) is 80.4 Å². The van der Waals surface area contributed by atoms with E-state index in [9.17, 15) is 40.7 Å². The molecule has 0 bridgehead atoms. The summed E-state index contributed by atoms with van der Waals surface area (Å²) in [4.78, 5) is 37.7. The number of nitrogens with one attached hydrogen (secondary N) is 1. The summed E-state index contributed by atoms with van der Waals surface area (Å²) < 4.78 is 79.5. The van der Waals surface area contributed by atoms with E-state index < -0.39 is 47.8 Å². The van der Waals surface area contributed by atoms with E-state index >= 15 is 0 Å². The minimum Gasteiger partial charge on any atom is -0.481 e. The molecule has 0 radical (unpaired) electrons. The molecule has 3 aromatic rings. The number of benzene rings is 2. The quantitative estimate of drug-likeness (QED) is 0.168. The lowest BCUT2D eigenvalue weighted by Crippen LogP contribution is -2.36. The lowest BCUT2D eigenvalue weighted by molar-refractivity contribution is -0.143. The van der Waals surface area contributed by atoms with Gasteiger partial charge in [0.25, 0.3) is 5.91 Å². The maximum Gasteiger partial charge on any atom is 0.416 e. The second kappa shape index (κ2) is 11.7. The number of anilines is 1. The van der Waals surface area contributed by atoms with Crippen molar-refractivity contribution in [1.29, 1.82) is 0 Å². The average molecular weight is 631 g/mol. The van der Waals surface area contributed by atoms with Gasteiger partial charge < -0.3 is 10.4 Å². The molecule has 1 aromatic heterocycles. The van der Waals surface area contributed by atoms with Crippen LogP contribution in [0.25, 0.3) is 17.2 Å². The molecule has 0 spiro atoms. The van der Waals surface area contributed by atoms with Crippen LogP contribution in [0, 0.1) is 0 Å². The van der Waals surface area contributed by atoms with Crippen molar-refractivity contribution in [3.63, 3.8) is 0 Å². The molecule has 2 aromatic carbocycles. The van der Waals surface area contributed by atoms with Crippen LogP contribution in [0.3, 0.4) is 0 Å². The lowest BCUT2D eigenvalue weighted by atomic mass is 10.0. The van der Waals surface area contributed by atoms with Crippen LogP contribution in [-0.4, -0.2) is 38.7 Å². The molecule has 15 heteroatoms. The van der Waals surface area contributed by atoms with Gasteiger partial charge in [0.15, 0.2) is 0 Å². The molecule has 2 amide bonds. The van der Waals surface area contributed by atoms with Crippen LogP contribution < -0.4 is 5.32 Å². The van der Waals surface area contributed by atoms with Crippen LogP contribution in [0.15, 0.2) is 58.8 Å². The number of hydrogen-bond donors (Lipinski definition) is 2. The summed E-state index contributed by atoms with van der Waals surface area (Å²) in [5, 5.41) is 12.8. The van der Waals surface area contributed by atoms with Gasteiger partial charge in [0.05, 0.1) is 22.5 Å². The number of nitrogens with zero attached hydrogens (tertiary/aromatic N) is 1. The molecule has 1 aliphatic rings. The first-order valence-corrected chi connectivity index (χ1v) is 13.4. The summed E-state index contributed by atoms with van der Waals surface area (Å²) >= 11 is 7.11. The molecule has 0 atom stereocenters. The zero-order chi connectivity index (χ0) is 30.1. The number of thiophene rings is 1. The number of halogens is 6. The van der Waals surface area contributed by atoms with Gasteiger partial charge in [0.1, 0.15) is 10.9 Å². The van der Waals surface area contributed by atoms with Gasteiger partial charge in [-0.15, -0.1) is 11.3 Å². The van der Waals surface area contributed by atoms with Crippen molar-refractivity contribution in [2.75, 3.05) is 11.9 Å². The fourth-order valence-electron chi connectivity index (χ4n) is 3.69. The Kier molecular flexibility index (Phi) is 8.61. The van der Waals surface area contributed by atoms with Crippen molar-refractivity contribution in [3.8, 4) is 11.1 Å². The van der Waals surface area contributed by atoms with Gasteiger partial charge in [-0.25, -0.2) is 0 Å². The van der Waals surface area contributed by atoms with Gasteiger partial charge in [-0.3, -0.25) is 19.3 Å². The molecule has 2 heterocycles. The summed E-state index contributed by atoms with van der Waals surface area (Å²) in [6.07, 6.45) is -8.76. The lowest BCUT2D eigenvalue weighted by Gasteiger charge is -2.14. The third kappa shape index (κ3) is 7.54. The second-order valence-corrected chi connectivity index (χ2v) is 11.2. The Labute approximate surface area is 241 Å². The molecule has 6 nitrogen and oxygen atoms in total. The van der Waals surface area contributed by atoms with Gasteiger partial charge in [-0.05, 0) is 64.5 Å². The van der Waals surface area contributed by atoms with Crippen molar-refractivity contribution < 1.29 is 45.8 Å². The predicted molar refractivity (Wildman–Crippen MR) is 146 cm³/mol. The summed E-state index contributed by atoms with van der Waals surface area (Å²) in [6.45, 7) is -0.418. The first-order chi connectivity index (χ1) is 19.1. The first-order valence-electron chi connectivity index (χ1n) is 11.3. The molecule has 0 saturated carbocycles. The number of amides is 2. The highest BCUT2D eigenvalue weighted by atomic mass is 32.2. The highest BCUT2D eigenvalue weighted by Gasteiger charge is 2.37. The van der Waals surface area contributed by atoms with E-state index in [1.807, 2.05) is 0 Å². The standard InChI is InChI=1S/C26H16F6N2O4S3/c27-25(28,29)16-6-14(7-17(9-16)26(30,31)32)15-8-19(40-12-15)10-20-23(38)34(24(39)41-20)11-21(35)33-18-3-1-13(2-4-18)5-22(36)37/h1-4,6-10,12H,5,11H2,(H,33,35)(H,36,37)/b20-10-. The van der Waals surface area contributed by atoms with Crippen LogP contribution in [-0.2, 0) is 33.2 Å². The Hall–Kier alpha value is -3.69. The highest BCUT2D eigenvalue weighted by Crippen LogP contribution is 2.40. The number of rotatable bonds is 7. The van der Waals surface area contributed by atoms with Gasteiger partial charge in [-0.1, -0.05) is 36.1 Å². The number of hydrogen-bond acceptors (Lipinski definition) is 6. The molecular weight excluding hydrogens is 614 g/mol. The summed E-state index contributed by atoms with van der Waals surface area (Å²) in [6, 6.07) is 8.74.